The van der Waals surface area contributed by atoms with Crippen LogP contribution in [-0.2, 0) is 16.2 Å². The molecule has 170 valence electrons. The molecular weight excluding hydrogens is 460 g/mol. The maximum atomic E-state index is 12.9. The quantitative estimate of drug-likeness (QED) is 0.205. The Bertz CT molecular complexity index is 1300. The number of carbonyl (C=O) groups excluding carboxylic acids is 2. The van der Waals surface area contributed by atoms with Gasteiger partial charge in [0.25, 0.3) is 11.8 Å². The van der Waals surface area contributed by atoms with Gasteiger partial charge in [-0.05, 0) is 30.4 Å². The molecule has 2 amide bonds. The predicted molar refractivity (Wildman–Crippen MR) is 121 cm³/mol. The summed E-state index contributed by atoms with van der Waals surface area (Å²) in [6.07, 6.45) is 5.94. The fraction of sp³-hybridized carbons (Fsp3) is 0.250. The summed E-state index contributed by atoms with van der Waals surface area (Å²) >= 11 is 6.09. The first-order valence-corrected chi connectivity index (χ1v) is 11.0. The Labute approximate surface area is 199 Å². The molecule has 2 bridgehead atoms. The van der Waals surface area contributed by atoms with Crippen LogP contribution in [0.15, 0.2) is 53.7 Å². The number of ether oxygens (including phenoxy) is 1. The van der Waals surface area contributed by atoms with E-state index in [-0.39, 0.29) is 46.6 Å². The number of hydrogen-bond donors (Lipinski definition) is 0. The Morgan fingerprint density at radius 1 is 1.21 bits per heavy atom. The fourth-order valence-corrected chi connectivity index (χ4v) is 5.23. The van der Waals surface area contributed by atoms with Crippen molar-refractivity contribution in [3.05, 3.63) is 80.4 Å². The van der Waals surface area contributed by atoms with E-state index in [9.17, 15) is 25.0 Å². The zero-order valence-electron chi connectivity index (χ0n) is 17.6. The van der Waals surface area contributed by atoms with Gasteiger partial charge in [0.1, 0.15) is 6.61 Å². The van der Waals surface area contributed by atoms with E-state index in [1.165, 1.54) is 12.3 Å². The molecule has 0 spiro atoms. The predicted octanol–water partition coefficient (Wildman–Crippen LogP) is 3.84. The summed E-state index contributed by atoms with van der Waals surface area (Å²) in [5.41, 5.74) is 0.643. The van der Waals surface area contributed by atoms with Crippen LogP contribution < -0.4 is 4.74 Å². The minimum atomic E-state index is -0.644. The minimum absolute atomic E-state index is 0.0398. The van der Waals surface area contributed by atoms with Crippen LogP contribution in [0, 0.1) is 45.1 Å². The highest BCUT2D eigenvalue weighted by atomic mass is 35.5. The van der Waals surface area contributed by atoms with Gasteiger partial charge in [-0.15, -0.1) is 0 Å². The minimum Gasteiger partial charge on any atom is -0.481 e. The van der Waals surface area contributed by atoms with Crippen molar-refractivity contribution in [1.82, 2.24) is 5.01 Å². The lowest BCUT2D eigenvalue weighted by Crippen LogP contribution is -2.28. The van der Waals surface area contributed by atoms with E-state index in [0.29, 0.717) is 11.1 Å². The van der Waals surface area contributed by atoms with Crippen molar-refractivity contribution in [3.8, 4) is 11.8 Å². The average molecular weight is 477 g/mol. The number of imide groups is 1. The summed E-state index contributed by atoms with van der Waals surface area (Å²) < 4.78 is 5.76. The summed E-state index contributed by atoms with van der Waals surface area (Å²) in [4.78, 5) is 36.8. The number of allylic oxidation sites excluding steroid dienone is 2. The van der Waals surface area contributed by atoms with Crippen molar-refractivity contribution in [2.24, 2.45) is 28.8 Å². The number of benzene rings is 2. The summed E-state index contributed by atoms with van der Waals surface area (Å²) in [5.74, 6) is -1.61. The van der Waals surface area contributed by atoms with Crippen LogP contribution in [0.2, 0.25) is 5.02 Å². The van der Waals surface area contributed by atoms with Gasteiger partial charge in [-0.2, -0.15) is 15.4 Å². The first-order chi connectivity index (χ1) is 16.4. The maximum Gasteiger partial charge on any atom is 0.313 e. The molecule has 1 aliphatic heterocycles. The number of nitrogens with zero attached hydrogens (tertiary/aromatic N) is 4. The van der Waals surface area contributed by atoms with Crippen LogP contribution in [0.5, 0.6) is 5.75 Å². The molecule has 34 heavy (non-hydrogen) atoms. The highest BCUT2D eigenvalue weighted by molar-refractivity contribution is 6.31. The van der Waals surface area contributed by atoms with Crippen LogP contribution in [-0.4, -0.2) is 28.0 Å². The molecule has 4 atom stereocenters. The summed E-state index contributed by atoms with van der Waals surface area (Å²) in [5, 5.41) is 26.0. The van der Waals surface area contributed by atoms with Gasteiger partial charge in [-0.1, -0.05) is 42.0 Å². The number of carbonyl (C=O) groups is 2. The molecule has 0 radical (unpaired) electrons. The molecule has 2 aromatic rings. The number of hydrogen-bond acceptors (Lipinski definition) is 7. The lowest BCUT2D eigenvalue weighted by atomic mass is 9.85. The Morgan fingerprint density at radius 2 is 1.88 bits per heavy atom. The topological polar surface area (TPSA) is 126 Å². The number of nitro benzene ring substituents is 1. The maximum absolute atomic E-state index is 12.9. The molecule has 1 saturated carbocycles. The number of rotatable bonds is 6. The van der Waals surface area contributed by atoms with E-state index < -0.39 is 22.4 Å². The van der Waals surface area contributed by atoms with Gasteiger partial charge in [-0.25, -0.2) is 0 Å². The standard InChI is InChI=1S/C24H17ClN4O5/c25-18-8-17(11-27-28-23(30)20-13-5-6-14(7-13)21(20)24(28)31)22(19(9-18)29(32)33)34-12-16-4-2-1-3-15(16)10-26/h1-6,8-9,11,13-14,20-21H,7,12H2. The third-order valence-electron chi connectivity index (χ3n) is 6.53. The van der Waals surface area contributed by atoms with Gasteiger partial charge in [0.05, 0.1) is 34.6 Å². The Hall–Kier alpha value is -4.03. The zero-order chi connectivity index (χ0) is 24.0. The average Bonchev–Trinajstić information content (AvgIpc) is 3.51. The second kappa shape index (κ2) is 8.39. The SMILES string of the molecule is N#Cc1ccccc1COc1c(C=NN2C(=O)C3C4C=CC(C4)C3C2=O)cc(Cl)cc1[N+](=O)[O-]. The molecule has 0 aromatic heterocycles. The fourth-order valence-electron chi connectivity index (χ4n) is 5.01. The van der Waals surface area contributed by atoms with Gasteiger partial charge >= 0.3 is 5.69 Å². The number of hydrazone groups is 1. The van der Waals surface area contributed by atoms with Gasteiger partial charge in [0.2, 0.25) is 5.75 Å². The molecule has 1 heterocycles. The molecular formula is C24H17ClN4O5. The first kappa shape index (κ1) is 21.8. The third kappa shape index (κ3) is 3.53. The largest absolute Gasteiger partial charge is 0.481 e. The van der Waals surface area contributed by atoms with E-state index in [1.807, 2.05) is 18.2 Å². The molecule has 10 heteroatoms. The zero-order valence-corrected chi connectivity index (χ0v) is 18.4. The first-order valence-electron chi connectivity index (χ1n) is 10.6. The Balaban J connectivity index is 1.46. The molecule has 2 aliphatic carbocycles. The Kier molecular flexibility index (Phi) is 5.38. The lowest BCUT2D eigenvalue weighted by molar-refractivity contribution is -0.385. The molecule has 4 unspecified atom stereocenters. The Morgan fingerprint density at radius 3 is 2.53 bits per heavy atom. The summed E-state index contributed by atoms with van der Waals surface area (Å²) in [6.45, 7) is -0.117. The van der Waals surface area contributed by atoms with E-state index in [4.69, 9.17) is 16.3 Å². The number of amides is 2. The highest BCUT2D eigenvalue weighted by Crippen LogP contribution is 2.52. The van der Waals surface area contributed by atoms with Crippen molar-refractivity contribution in [2.45, 2.75) is 13.0 Å². The monoisotopic (exact) mass is 476 g/mol. The number of nitriles is 1. The lowest BCUT2D eigenvalue weighted by Gasteiger charge is -2.13. The summed E-state index contributed by atoms with van der Waals surface area (Å²) in [6, 6.07) is 11.3. The van der Waals surface area contributed by atoms with Gasteiger partial charge in [0, 0.05) is 22.2 Å². The molecule has 2 aromatic carbocycles. The summed E-state index contributed by atoms with van der Waals surface area (Å²) in [7, 11) is 0. The molecule has 5 rings (SSSR count). The third-order valence-corrected chi connectivity index (χ3v) is 6.75. The normalized spacial score (nSPS) is 24.6. The van der Waals surface area contributed by atoms with Gasteiger partial charge in [-0.3, -0.25) is 19.7 Å². The highest BCUT2D eigenvalue weighted by Gasteiger charge is 2.59. The smallest absolute Gasteiger partial charge is 0.313 e. The van der Waals surface area contributed by atoms with Crippen molar-refractivity contribution < 1.29 is 19.2 Å². The van der Waals surface area contributed by atoms with Crippen molar-refractivity contribution in [3.63, 3.8) is 0 Å². The van der Waals surface area contributed by atoms with Crippen molar-refractivity contribution in [2.75, 3.05) is 0 Å². The second-order valence-electron chi connectivity index (χ2n) is 8.39. The van der Waals surface area contributed by atoms with Crippen LogP contribution in [0.25, 0.3) is 0 Å². The number of halogens is 1. The van der Waals surface area contributed by atoms with Crippen LogP contribution in [0.1, 0.15) is 23.1 Å². The number of fused-ring (bicyclic) bond motifs is 5. The molecule has 9 nitrogen and oxygen atoms in total. The van der Waals surface area contributed by atoms with E-state index in [1.54, 1.807) is 24.3 Å². The van der Waals surface area contributed by atoms with Gasteiger partial charge in [0.15, 0.2) is 0 Å². The molecule has 0 N–H and O–H groups in total. The van der Waals surface area contributed by atoms with E-state index in [2.05, 4.69) is 5.10 Å². The molecule has 3 aliphatic rings. The van der Waals surface area contributed by atoms with E-state index in [0.717, 1.165) is 17.5 Å². The second-order valence-corrected chi connectivity index (χ2v) is 8.83. The number of nitro groups is 1. The van der Waals surface area contributed by atoms with Crippen molar-refractivity contribution in [1.29, 1.82) is 5.26 Å². The van der Waals surface area contributed by atoms with Crippen molar-refractivity contribution >= 4 is 35.3 Å². The van der Waals surface area contributed by atoms with Crippen LogP contribution in [0.3, 0.4) is 0 Å². The van der Waals surface area contributed by atoms with Gasteiger partial charge < -0.3 is 4.74 Å². The molecule has 2 fully saturated rings. The van der Waals surface area contributed by atoms with Crippen LogP contribution >= 0.6 is 11.6 Å². The van der Waals surface area contributed by atoms with Crippen LogP contribution in [0.4, 0.5) is 5.69 Å². The van der Waals surface area contributed by atoms with E-state index >= 15 is 0 Å². The molecule has 1 saturated heterocycles.